The summed E-state index contributed by atoms with van der Waals surface area (Å²) in [6, 6.07) is 15.2. The van der Waals surface area contributed by atoms with Crippen LogP contribution in [0.3, 0.4) is 0 Å². The molecule has 0 aliphatic carbocycles. The first-order valence-corrected chi connectivity index (χ1v) is 8.69. The molecule has 0 unspecified atom stereocenters. The van der Waals surface area contributed by atoms with E-state index < -0.39 is 11.6 Å². The maximum atomic E-state index is 14.3. The summed E-state index contributed by atoms with van der Waals surface area (Å²) in [5.41, 5.74) is 3.17. The molecule has 0 bridgehead atoms. The van der Waals surface area contributed by atoms with Crippen LogP contribution in [0.5, 0.6) is 5.75 Å². The number of halogens is 2. The monoisotopic (exact) mass is 340 g/mol. The summed E-state index contributed by atoms with van der Waals surface area (Å²) in [5, 5.41) is 0.888. The lowest BCUT2D eigenvalue weighted by atomic mass is 9.98. The molecule has 0 aliphatic heterocycles. The number of unbranched alkanes of at least 4 members (excludes halogenated alkanes) is 2. The summed E-state index contributed by atoms with van der Waals surface area (Å²) >= 11 is 0. The van der Waals surface area contributed by atoms with Gasteiger partial charge in [-0.15, -0.1) is 0 Å². The lowest BCUT2D eigenvalue weighted by molar-refractivity contribution is 0.374. The number of methoxy groups -OCH3 is 1. The molecule has 0 N–H and O–H groups in total. The summed E-state index contributed by atoms with van der Waals surface area (Å²) in [4.78, 5) is 0. The highest BCUT2D eigenvalue weighted by Crippen LogP contribution is 2.32. The molecule has 0 aromatic heterocycles. The van der Waals surface area contributed by atoms with E-state index in [2.05, 4.69) is 19.1 Å². The topological polar surface area (TPSA) is 9.23 Å². The lowest BCUT2D eigenvalue weighted by Crippen LogP contribution is -1.94. The molecule has 0 fully saturated rings. The van der Waals surface area contributed by atoms with Gasteiger partial charge in [-0.05, 0) is 47.1 Å². The lowest BCUT2D eigenvalue weighted by Gasteiger charge is -2.09. The van der Waals surface area contributed by atoms with Crippen molar-refractivity contribution in [3.8, 4) is 16.9 Å². The molecule has 3 aromatic carbocycles. The second-order valence-corrected chi connectivity index (χ2v) is 6.30. The molecule has 0 radical (unpaired) electrons. The first-order valence-electron chi connectivity index (χ1n) is 8.69. The predicted molar refractivity (Wildman–Crippen MR) is 99.1 cm³/mol. The Labute approximate surface area is 147 Å². The van der Waals surface area contributed by atoms with E-state index in [9.17, 15) is 8.78 Å². The summed E-state index contributed by atoms with van der Waals surface area (Å²) in [6.45, 7) is 2.19. The van der Waals surface area contributed by atoms with Crippen LogP contribution in [0, 0.1) is 11.6 Å². The van der Waals surface area contributed by atoms with Gasteiger partial charge in [-0.1, -0.05) is 56.2 Å². The van der Waals surface area contributed by atoms with Crippen molar-refractivity contribution in [1.29, 1.82) is 0 Å². The summed E-state index contributed by atoms with van der Waals surface area (Å²) in [5.74, 6) is -1.89. The normalized spacial score (nSPS) is 11.0. The smallest absolute Gasteiger partial charge is 0.201 e. The van der Waals surface area contributed by atoms with Gasteiger partial charge in [0.1, 0.15) is 0 Å². The first-order chi connectivity index (χ1) is 12.1. The zero-order valence-corrected chi connectivity index (χ0v) is 14.6. The first kappa shape index (κ1) is 17.4. The van der Waals surface area contributed by atoms with Gasteiger partial charge in [-0.25, -0.2) is 4.39 Å². The maximum Gasteiger partial charge on any atom is 0.201 e. The quantitative estimate of drug-likeness (QED) is 0.464. The Bertz CT molecular complexity index is 869. The molecule has 25 heavy (non-hydrogen) atoms. The standard InChI is InChI=1S/C22H22F2O/c1-3-4-5-6-15-7-9-16(10-8-15)17-11-12-18-14-20(25-2)22(24)21(23)19(18)13-17/h7-14H,3-6H2,1-2H3. The van der Waals surface area contributed by atoms with Crippen molar-refractivity contribution >= 4 is 10.8 Å². The highest BCUT2D eigenvalue weighted by molar-refractivity contribution is 5.89. The SMILES string of the molecule is CCCCCc1ccc(-c2ccc3cc(OC)c(F)c(F)c3c2)cc1. The Morgan fingerprint density at radius 3 is 2.24 bits per heavy atom. The third-order valence-electron chi connectivity index (χ3n) is 4.56. The Kier molecular flexibility index (Phi) is 5.32. The Morgan fingerprint density at radius 2 is 1.56 bits per heavy atom. The third kappa shape index (κ3) is 3.65. The number of fused-ring (bicyclic) bond motifs is 1. The molecule has 0 spiro atoms. The van der Waals surface area contributed by atoms with E-state index in [1.54, 1.807) is 12.1 Å². The van der Waals surface area contributed by atoms with Crippen LogP contribution in [0.4, 0.5) is 8.78 Å². The van der Waals surface area contributed by atoms with Crippen LogP contribution in [-0.4, -0.2) is 7.11 Å². The minimum Gasteiger partial charge on any atom is -0.494 e. The van der Waals surface area contributed by atoms with Crippen molar-refractivity contribution in [2.45, 2.75) is 32.6 Å². The molecule has 0 amide bonds. The summed E-state index contributed by atoms with van der Waals surface area (Å²) in [6.07, 6.45) is 4.71. The van der Waals surface area contributed by atoms with Crippen molar-refractivity contribution in [2.75, 3.05) is 7.11 Å². The fourth-order valence-corrected chi connectivity index (χ4v) is 3.07. The van der Waals surface area contributed by atoms with Crippen molar-refractivity contribution in [2.24, 2.45) is 0 Å². The predicted octanol–water partition coefficient (Wildman–Crippen LogP) is 6.53. The Balaban J connectivity index is 1.92. The molecule has 1 nitrogen and oxygen atoms in total. The average Bonchev–Trinajstić information content (AvgIpc) is 2.65. The fraction of sp³-hybridized carbons (Fsp3) is 0.273. The largest absolute Gasteiger partial charge is 0.494 e. The van der Waals surface area contributed by atoms with Crippen molar-refractivity contribution in [3.05, 3.63) is 65.7 Å². The van der Waals surface area contributed by atoms with Crippen molar-refractivity contribution < 1.29 is 13.5 Å². The van der Waals surface area contributed by atoms with Gasteiger partial charge in [0.15, 0.2) is 11.6 Å². The molecule has 3 heteroatoms. The highest BCUT2D eigenvalue weighted by atomic mass is 19.2. The summed E-state index contributed by atoms with van der Waals surface area (Å²) < 4.78 is 33.2. The maximum absolute atomic E-state index is 14.3. The fourth-order valence-electron chi connectivity index (χ4n) is 3.07. The van der Waals surface area contributed by atoms with Crippen molar-refractivity contribution in [1.82, 2.24) is 0 Å². The van der Waals surface area contributed by atoms with Crippen LogP contribution < -0.4 is 4.74 Å². The summed E-state index contributed by atoms with van der Waals surface area (Å²) in [7, 11) is 1.33. The molecule has 0 heterocycles. The molecule has 0 saturated carbocycles. The number of benzene rings is 3. The number of aryl methyl sites for hydroxylation is 1. The highest BCUT2D eigenvalue weighted by Gasteiger charge is 2.14. The van der Waals surface area contributed by atoms with Gasteiger partial charge in [0.05, 0.1) is 7.11 Å². The van der Waals surface area contributed by atoms with E-state index in [1.807, 2.05) is 18.2 Å². The van der Waals surface area contributed by atoms with Crippen LogP contribution in [0.15, 0.2) is 48.5 Å². The Hall–Kier alpha value is -2.42. The van der Waals surface area contributed by atoms with Gasteiger partial charge in [-0.3, -0.25) is 0 Å². The molecular formula is C22H22F2O. The van der Waals surface area contributed by atoms with Crippen molar-refractivity contribution in [3.63, 3.8) is 0 Å². The molecule has 3 rings (SSSR count). The second kappa shape index (κ2) is 7.64. The van der Waals surface area contributed by atoms with Gasteiger partial charge < -0.3 is 4.74 Å². The van der Waals surface area contributed by atoms with Gasteiger partial charge in [-0.2, -0.15) is 4.39 Å². The Morgan fingerprint density at radius 1 is 0.840 bits per heavy atom. The minimum absolute atomic E-state index is 0.0748. The van der Waals surface area contributed by atoms with Crippen LogP contribution in [0.1, 0.15) is 31.7 Å². The molecule has 3 aromatic rings. The second-order valence-electron chi connectivity index (χ2n) is 6.30. The van der Waals surface area contributed by atoms with Crippen LogP contribution in [-0.2, 0) is 6.42 Å². The number of ether oxygens (including phenoxy) is 1. The number of hydrogen-bond acceptors (Lipinski definition) is 1. The van der Waals surface area contributed by atoms with Gasteiger partial charge in [0.2, 0.25) is 5.82 Å². The van der Waals surface area contributed by atoms with Gasteiger partial charge in [0.25, 0.3) is 0 Å². The van der Waals surface area contributed by atoms with E-state index >= 15 is 0 Å². The van der Waals surface area contributed by atoms with Crippen LogP contribution in [0.25, 0.3) is 21.9 Å². The average molecular weight is 340 g/mol. The molecular weight excluding hydrogens is 318 g/mol. The van der Waals surface area contributed by atoms with E-state index in [0.717, 1.165) is 17.5 Å². The number of hydrogen-bond donors (Lipinski definition) is 0. The molecule has 0 aliphatic rings. The van der Waals surface area contributed by atoms with E-state index in [4.69, 9.17) is 4.74 Å². The van der Waals surface area contributed by atoms with Gasteiger partial charge in [0, 0.05) is 5.39 Å². The minimum atomic E-state index is -0.946. The van der Waals surface area contributed by atoms with E-state index in [1.165, 1.54) is 38.0 Å². The zero-order chi connectivity index (χ0) is 17.8. The van der Waals surface area contributed by atoms with Gasteiger partial charge >= 0.3 is 0 Å². The number of rotatable bonds is 6. The van der Waals surface area contributed by atoms with Crippen LogP contribution >= 0.6 is 0 Å². The molecule has 0 saturated heterocycles. The van der Waals surface area contributed by atoms with E-state index in [-0.39, 0.29) is 11.1 Å². The van der Waals surface area contributed by atoms with Crippen LogP contribution in [0.2, 0.25) is 0 Å². The molecule has 130 valence electrons. The van der Waals surface area contributed by atoms with E-state index in [0.29, 0.717) is 5.39 Å². The third-order valence-corrected chi connectivity index (χ3v) is 4.56. The zero-order valence-electron chi connectivity index (χ0n) is 14.6. The molecule has 0 atom stereocenters.